The highest BCUT2D eigenvalue weighted by Crippen LogP contribution is 2.04. The molecule has 11 heavy (non-hydrogen) atoms. The van der Waals surface area contributed by atoms with E-state index in [9.17, 15) is 4.79 Å². The van der Waals surface area contributed by atoms with E-state index >= 15 is 0 Å². The van der Waals surface area contributed by atoms with Gasteiger partial charge in [0.05, 0.1) is 0 Å². The Morgan fingerprint density at radius 1 is 1.27 bits per heavy atom. The molecule has 0 saturated heterocycles. The topological polar surface area (TPSA) is 37.3 Å². The first-order valence-electron chi connectivity index (χ1n) is 3.42. The van der Waals surface area contributed by atoms with Crippen LogP contribution in [0, 0.1) is 13.8 Å². The first kappa shape index (κ1) is 7.79. The zero-order valence-corrected chi connectivity index (χ0v) is 6.59. The van der Waals surface area contributed by atoms with Crippen LogP contribution in [-0.4, -0.2) is 5.11 Å². The zero-order chi connectivity index (χ0) is 8.43. The van der Waals surface area contributed by atoms with Gasteiger partial charge in [0.2, 0.25) is 5.43 Å². The SMILES string of the molecule is Cc1ccc(C)c(=O)c(O)c1. The molecule has 0 aliphatic rings. The molecule has 2 heteroatoms. The largest absolute Gasteiger partial charge is 0.504 e. The second-order valence-corrected chi connectivity index (χ2v) is 2.62. The minimum Gasteiger partial charge on any atom is -0.504 e. The highest BCUT2D eigenvalue weighted by atomic mass is 16.3. The summed E-state index contributed by atoms with van der Waals surface area (Å²) in [5.41, 5.74) is 1.15. The van der Waals surface area contributed by atoms with E-state index in [-0.39, 0.29) is 11.2 Å². The van der Waals surface area contributed by atoms with Crippen molar-refractivity contribution in [2.45, 2.75) is 13.8 Å². The Labute approximate surface area is 65.1 Å². The van der Waals surface area contributed by atoms with Crippen LogP contribution in [0.5, 0.6) is 5.75 Å². The van der Waals surface area contributed by atoms with Crippen LogP contribution in [0.2, 0.25) is 0 Å². The maximum Gasteiger partial charge on any atom is 0.223 e. The van der Waals surface area contributed by atoms with Gasteiger partial charge >= 0.3 is 0 Å². The van der Waals surface area contributed by atoms with Crippen LogP contribution < -0.4 is 5.43 Å². The van der Waals surface area contributed by atoms with Crippen molar-refractivity contribution in [3.63, 3.8) is 0 Å². The molecule has 1 N–H and O–H groups in total. The standard InChI is InChI=1S/C9H10O2/c1-6-3-4-7(2)9(11)8(10)5-6/h3-5H,1-2H3,(H,10,11). The molecule has 58 valence electrons. The van der Waals surface area contributed by atoms with Crippen LogP contribution in [0.3, 0.4) is 0 Å². The summed E-state index contributed by atoms with van der Waals surface area (Å²) >= 11 is 0. The van der Waals surface area contributed by atoms with Crippen LogP contribution in [0.4, 0.5) is 0 Å². The summed E-state index contributed by atoms with van der Waals surface area (Å²) in [6.07, 6.45) is 0. The van der Waals surface area contributed by atoms with E-state index in [1.807, 2.05) is 6.92 Å². The van der Waals surface area contributed by atoms with Crippen LogP contribution in [0.25, 0.3) is 0 Å². The van der Waals surface area contributed by atoms with E-state index in [1.165, 1.54) is 6.07 Å². The van der Waals surface area contributed by atoms with Gasteiger partial charge in [-0.2, -0.15) is 0 Å². The van der Waals surface area contributed by atoms with Gasteiger partial charge in [0.25, 0.3) is 0 Å². The Hall–Kier alpha value is -1.31. The molecule has 2 nitrogen and oxygen atoms in total. The molecule has 0 bridgehead atoms. The molecule has 0 amide bonds. The van der Waals surface area contributed by atoms with E-state index in [2.05, 4.69) is 0 Å². The summed E-state index contributed by atoms with van der Waals surface area (Å²) in [4.78, 5) is 11.1. The molecule has 1 aromatic carbocycles. The molecule has 0 spiro atoms. The Morgan fingerprint density at radius 2 is 1.91 bits per heavy atom. The van der Waals surface area contributed by atoms with Crippen molar-refractivity contribution < 1.29 is 5.11 Å². The highest BCUT2D eigenvalue weighted by molar-refractivity contribution is 5.29. The molecule has 0 aliphatic heterocycles. The molecule has 0 saturated carbocycles. The van der Waals surface area contributed by atoms with E-state index in [1.54, 1.807) is 19.1 Å². The Balaban J connectivity index is 3.57. The van der Waals surface area contributed by atoms with Gasteiger partial charge in [0.15, 0.2) is 5.75 Å². The van der Waals surface area contributed by atoms with Gasteiger partial charge in [0, 0.05) is 5.56 Å². The van der Waals surface area contributed by atoms with Crippen molar-refractivity contribution in [3.05, 3.63) is 39.5 Å². The summed E-state index contributed by atoms with van der Waals surface area (Å²) in [6.45, 7) is 3.51. The highest BCUT2D eigenvalue weighted by Gasteiger charge is 1.96. The second kappa shape index (κ2) is 2.74. The van der Waals surface area contributed by atoms with Crippen molar-refractivity contribution in [3.8, 4) is 5.75 Å². The third kappa shape index (κ3) is 1.58. The number of aromatic hydroxyl groups is 1. The van der Waals surface area contributed by atoms with E-state index in [0.29, 0.717) is 5.56 Å². The summed E-state index contributed by atoms with van der Waals surface area (Å²) in [5.74, 6) is -0.176. The van der Waals surface area contributed by atoms with Gasteiger partial charge in [-0.05, 0) is 25.5 Å². The fourth-order valence-electron chi connectivity index (χ4n) is 0.863. The van der Waals surface area contributed by atoms with Crippen molar-refractivity contribution in [2.75, 3.05) is 0 Å². The number of hydrogen-bond acceptors (Lipinski definition) is 2. The monoisotopic (exact) mass is 150 g/mol. The molecule has 0 aromatic heterocycles. The maximum absolute atomic E-state index is 11.1. The molecule has 0 heterocycles. The lowest BCUT2D eigenvalue weighted by Gasteiger charge is -1.82. The normalized spacial score (nSPS) is 9.64. The molecule has 1 rings (SSSR count). The molecular weight excluding hydrogens is 140 g/mol. The Kier molecular flexibility index (Phi) is 1.94. The third-order valence-corrected chi connectivity index (χ3v) is 1.55. The van der Waals surface area contributed by atoms with Gasteiger partial charge in [-0.15, -0.1) is 0 Å². The van der Waals surface area contributed by atoms with Crippen LogP contribution in [-0.2, 0) is 0 Å². The third-order valence-electron chi connectivity index (χ3n) is 1.55. The average Bonchev–Trinajstić information content (AvgIpc) is 2.05. The predicted octanol–water partition coefficient (Wildman–Crippen LogP) is 1.37. The molecule has 0 radical (unpaired) electrons. The van der Waals surface area contributed by atoms with Gasteiger partial charge in [-0.25, -0.2) is 0 Å². The Morgan fingerprint density at radius 3 is 2.55 bits per heavy atom. The molecule has 0 atom stereocenters. The van der Waals surface area contributed by atoms with E-state index < -0.39 is 0 Å². The van der Waals surface area contributed by atoms with Crippen molar-refractivity contribution in [1.29, 1.82) is 0 Å². The van der Waals surface area contributed by atoms with Crippen molar-refractivity contribution >= 4 is 0 Å². The van der Waals surface area contributed by atoms with Crippen molar-refractivity contribution in [2.24, 2.45) is 0 Å². The number of aryl methyl sites for hydroxylation is 2. The van der Waals surface area contributed by atoms with Crippen LogP contribution in [0.15, 0.2) is 23.0 Å². The smallest absolute Gasteiger partial charge is 0.223 e. The zero-order valence-electron chi connectivity index (χ0n) is 6.59. The maximum atomic E-state index is 11.1. The van der Waals surface area contributed by atoms with Gasteiger partial charge in [-0.1, -0.05) is 12.1 Å². The molecule has 0 fully saturated rings. The number of hydrogen-bond donors (Lipinski definition) is 1. The lowest BCUT2D eigenvalue weighted by molar-refractivity contribution is 0.470. The van der Waals surface area contributed by atoms with Gasteiger partial charge < -0.3 is 5.11 Å². The van der Waals surface area contributed by atoms with Crippen LogP contribution in [0.1, 0.15) is 11.1 Å². The van der Waals surface area contributed by atoms with Crippen molar-refractivity contribution in [1.82, 2.24) is 0 Å². The Bertz CT molecular complexity index is 329. The quantitative estimate of drug-likeness (QED) is 0.606. The minimum absolute atomic E-state index is 0.176. The van der Waals surface area contributed by atoms with Gasteiger partial charge in [0.1, 0.15) is 0 Å². The minimum atomic E-state index is -0.293. The fourth-order valence-corrected chi connectivity index (χ4v) is 0.863. The average molecular weight is 150 g/mol. The second-order valence-electron chi connectivity index (χ2n) is 2.62. The summed E-state index contributed by atoms with van der Waals surface area (Å²) in [7, 11) is 0. The fraction of sp³-hybridized carbons (Fsp3) is 0.222. The summed E-state index contributed by atoms with van der Waals surface area (Å²) in [5, 5.41) is 9.13. The first-order chi connectivity index (χ1) is 5.11. The number of rotatable bonds is 0. The lowest BCUT2D eigenvalue weighted by Crippen LogP contribution is -1.99. The van der Waals surface area contributed by atoms with Crippen LogP contribution >= 0.6 is 0 Å². The molecule has 0 aliphatic carbocycles. The van der Waals surface area contributed by atoms with E-state index in [4.69, 9.17) is 5.11 Å². The summed E-state index contributed by atoms with van der Waals surface area (Å²) < 4.78 is 0. The summed E-state index contributed by atoms with van der Waals surface area (Å²) in [6, 6.07) is 4.98. The van der Waals surface area contributed by atoms with Gasteiger partial charge in [-0.3, -0.25) is 4.79 Å². The lowest BCUT2D eigenvalue weighted by atomic mass is 10.3. The molecule has 0 unspecified atom stereocenters. The molecular formula is C9H10O2. The first-order valence-corrected chi connectivity index (χ1v) is 3.42. The predicted molar refractivity (Wildman–Crippen MR) is 43.9 cm³/mol. The molecule has 1 aromatic rings. The van der Waals surface area contributed by atoms with E-state index in [0.717, 1.165) is 5.56 Å².